The molecule has 7 nitrogen and oxygen atoms in total. The van der Waals surface area contributed by atoms with E-state index in [1.165, 1.54) is 0 Å². The molecule has 0 aromatic heterocycles. The van der Waals surface area contributed by atoms with Gasteiger partial charge in [-0.2, -0.15) is 0 Å². The van der Waals surface area contributed by atoms with E-state index in [0.717, 1.165) is 27.9 Å². The van der Waals surface area contributed by atoms with Gasteiger partial charge in [-0.25, -0.2) is 0 Å². The number of nitrogens with one attached hydrogen (secondary N) is 1. The zero-order valence-electron chi connectivity index (χ0n) is 19.9. The summed E-state index contributed by atoms with van der Waals surface area (Å²) in [6.45, 7) is 0.498. The van der Waals surface area contributed by atoms with Gasteiger partial charge in [-0.1, -0.05) is 30.3 Å². The molecule has 0 aliphatic carbocycles. The molecule has 1 unspecified atom stereocenters. The SMILES string of the molecule is COc1cc2c(cc1OC)C(c1ccccc1)N(C(=O)COc1ccc3c(c1)CCC(=O)N3)CC2. The van der Waals surface area contributed by atoms with E-state index in [0.29, 0.717) is 43.1 Å². The lowest BCUT2D eigenvalue weighted by molar-refractivity contribution is -0.135. The van der Waals surface area contributed by atoms with E-state index in [9.17, 15) is 9.59 Å². The monoisotopic (exact) mass is 472 g/mol. The van der Waals surface area contributed by atoms with Gasteiger partial charge < -0.3 is 24.4 Å². The maximum absolute atomic E-state index is 13.5. The topological polar surface area (TPSA) is 77.1 Å². The Kier molecular flexibility index (Phi) is 6.31. The third-order valence-electron chi connectivity index (χ3n) is 6.64. The second-order valence-electron chi connectivity index (χ2n) is 8.71. The molecule has 0 spiro atoms. The Bertz CT molecular complexity index is 1260. The minimum absolute atomic E-state index is 0.0212. The summed E-state index contributed by atoms with van der Waals surface area (Å²) in [5, 5.41) is 2.87. The maximum atomic E-state index is 13.5. The number of benzene rings is 3. The minimum Gasteiger partial charge on any atom is -0.493 e. The molecule has 0 radical (unpaired) electrons. The van der Waals surface area contributed by atoms with Gasteiger partial charge in [0.05, 0.1) is 20.3 Å². The molecule has 2 aliphatic rings. The number of aryl methyl sites for hydroxylation is 1. The quantitative estimate of drug-likeness (QED) is 0.584. The first-order valence-electron chi connectivity index (χ1n) is 11.7. The molecule has 0 bridgehead atoms. The largest absolute Gasteiger partial charge is 0.493 e. The highest BCUT2D eigenvalue weighted by Gasteiger charge is 2.33. The fraction of sp³-hybridized carbons (Fsp3) is 0.286. The molecule has 3 aromatic carbocycles. The standard InChI is InChI=1S/C28H28N2O5/c1-33-24-15-19-12-13-30(28(18-6-4-3-5-7-18)22(19)16-25(24)34-2)27(32)17-35-21-9-10-23-20(14-21)8-11-26(31)29-23/h3-7,9-10,14-16,28H,8,11-13,17H2,1-2H3,(H,29,31). The number of nitrogens with zero attached hydrogens (tertiary/aromatic N) is 1. The highest BCUT2D eigenvalue weighted by molar-refractivity contribution is 5.94. The summed E-state index contributed by atoms with van der Waals surface area (Å²) < 4.78 is 17.0. The van der Waals surface area contributed by atoms with Crippen LogP contribution in [0.2, 0.25) is 0 Å². The van der Waals surface area contributed by atoms with E-state index in [1.807, 2.05) is 59.5 Å². The first-order chi connectivity index (χ1) is 17.1. The van der Waals surface area contributed by atoms with Gasteiger partial charge >= 0.3 is 0 Å². The third-order valence-corrected chi connectivity index (χ3v) is 6.64. The van der Waals surface area contributed by atoms with Crippen LogP contribution in [0.15, 0.2) is 60.7 Å². The average Bonchev–Trinajstić information content (AvgIpc) is 2.90. The molecule has 0 fully saturated rings. The van der Waals surface area contributed by atoms with E-state index in [2.05, 4.69) is 5.32 Å². The highest BCUT2D eigenvalue weighted by atomic mass is 16.5. The summed E-state index contributed by atoms with van der Waals surface area (Å²) in [4.78, 5) is 26.9. The van der Waals surface area contributed by atoms with Crippen LogP contribution in [-0.4, -0.2) is 44.1 Å². The molecular formula is C28H28N2O5. The lowest BCUT2D eigenvalue weighted by Gasteiger charge is -2.38. The van der Waals surface area contributed by atoms with E-state index >= 15 is 0 Å². The molecule has 3 aromatic rings. The highest BCUT2D eigenvalue weighted by Crippen LogP contribution is 2.41. The molecule has 1 N–H and O–H groups in total. The van der Waals surface area contributed by atoms with Crippen molar-refractivity contribution in [1.82, 2.24) is 4.90 Å². The molecule has 2 aliphatic heterocycles. The molecule has 2 heterocycles. The number of fused-ring (bicyclic) bond motifs is 2. The Balaban J connectivity index is 1.40. The molecule has 0 saturated carbocycles. The van der Waals surface area contributed by atoms with Crippen LogP contribution < -0.4 is 19.5 Å². The van der Waals surface area contributed by atoms with Crippen LogP contribution in [0, 0.1) is 0 Å². The van der Waals surface area contributed by atoms with E-state index in [4.69, 9.17) is 14.2 Å². The molecule has 1 atom stereocenters. The van der Waals surface area contributed by atoms with Gasteiger partial charge in [-0.3, -0.25) is 9.59 Å². The van der Waals surface area contributed by atoms with Gasteiger partial charge in [0.2, 0.25) is 5.91 Å². The van der Waals surface area contributed by atoms with Gasteiger partial charge in [0, 0.05) is 18.7 Å². The predicted octanol–water partition coefficient (Wildman–Crippen LogP) is 4.14. The zero-order chi connectivity index (χ0) is 24.4. The van der Waals surface area contributed by atoms with Crippen LogP contribution in [0.1, 0.15) is 34.7 Å². The van der Waals surface area contributed by atoms with Crippen molar-refractivity contribution in [3.63, 3.8) is 0 Å². The summed E-state index contributed by atoms with van der Waals surface area (Å²) >= 11 is 0. The number of ether oxygens (including phenoxy) is 3. The number of hydrogen-bond acceptors (Lipinski definition) is 5. The summed E-state index contributed by atoms with van der Waals surface area (Å²) in [6, 6.07) is 19.3. The minimum atomic E-state index is -0.255. The van der Waals surface area contributed by atoms with Crippen molar-refractivity contribution in [2.24, 2.45) is 0 Å². The van der Waals surface area contributed by atoms with Crippen LogP contribution >= 0.6 is 0 Å². The summed E-state index contributed by atoms with van der Waals surface area (Å²) in [5.74, 6) is 1.87. The second-order valence-corrected chi connectivity index (χ2v) is 8.71. The summed E-state index contributed by atoms with van der Waals surface area (Å²) in [7, 11) is 3.24. The van der Waals surface area contributed by atoms with Crippen LogP contribution in [0.5, 0.6) is 17.2 Å². The average molecular weight is 473 g/mol. The van der Waals surface area contributed by atoms with Crippen molar-refractivity contribution in [2.45, 2.75) is 25.3 Å². The Morgan fingerprint density at radius 1 is 0.943 bits per heavy atom. The van der Waals surface area contributed by atoms with Crippen LogP contribution in [0.25, 0.3) is 0 Å². The maximum Gasteiger partial charge on any atom is 0.261 e. The van der Waals surface area contributed by atoms with Crippen LogP contribution in [0.3, 0.4) is 0 Å². The Morgan fingerprint density at radius 2 is 1.71 bits per heavy atom. The number of amides is 2. The van der Waals surface area contributed by atoms with E-state index in [-0.39, 0.29) is 24.5 Å². The number of hydrogen-bond donors (Lipinski definition) is 1. The fourth-order valence-corrected chi connectivity index (χ4v) is 4.89. The summed E-state index contributed by atoms with van der Waals surface area (Å²) in [6.07, 6.45) is 1.83. The third kappa shape index (κ3) is 4.54. The van der Waals surface area contributed by atoms with Gasteiger partial charge in [0.25, 0.3) is 5.91 Å². The van der Waals surface area contributed by atoms with Crippen molar-refractivity contribution in [2.75, 3.05) is 32.7 Å². The fourth-order valence-electron chi connectivity index (χ4n) is 4.89. The number of methoxy groups -OCH3 is 2. The number of carbonyl (C=O) groups excluding carboxylic acids is 2. The lowest BCUT2D eigenvalue weighted by Crippen LogP contribution is -2.43. The van der Waals surface area contributed by atoms with Crippen molar-refractivity contribution < 1.29 is 23.8 Å². The Hall–Kier alpha value is -4.00. The molecule has 2 amide bonds. The van der Waals surface area contributed by atoms with Gasteiger partial charge in [0.1, 0.15) is 5.75 Å². The molecule has 7 heteroatoms. The number of rotatable bonds is 6. The van der Waals surface area contributed by atoms with E-state index in [1.54, 1.807) is 20.3 Å². The molecule has 0 saturated heterocycles. The number of anilines is 1. The van der Waals surface area contributed by atoms with E-state index < -0.39 is 0 Å². The number of carbonyl (C=O) groups is 2. The second kappa shape index (κ2) is 9.70. The Labute approximate surface area is 204 Å². The van der Waals surface area contributed by atoms with Crippen LogP contribution in [-0.2, 0) is 22.4 Å². The van der Waals surface area contributed by atoms with Crippen molar-refractivity contribution in [3.8, 4) is 17.2 Å². The summed E-state index contributed by atoms with van der Waals surface area (Å²) in [5.41, 5.74) is 5.01. The zero-order valence-corrected chi connectivity index (χ0v) is 19.9. The van der Waals surface area contributed by atoms with Crippen molar-refractivity contribution in [1.29, 1.82) is 0 Å². The van der Waals surface area contributed by atoms with Gasteiger partial charge in [-0.15, -0.1) is 0 Å². The molecular weight excluding hydrogens is 444 g/mol. The lowest BCUT2D eigenvalue weighted by atomic mass is 9.87. The predicted molar refractivity (Wildman–Crippen MR) is 132 cm³/mol. The molecule has 35 heavy (non-hydrogen) atoms. The van der Waals surface area contributed by atoms with Crippen molar-refractivity contribution >= 4 is 17.5 Å². The normalized spacial score (nSPS) is 16.6. The van der Waals surface area contributed by atoms with Gasteiger partial charge in [0.15, 0.2) is 18.1 Å². The first-order valence-corrected chi connectivity index (χ1v) is 11.7. The molecule has 180 valence electrons. The van der Waals surface area contributed by atoms with Gasteiger partial charge in [-0.05, 0) is 65.4 Å². The smallest absolute Gasteiger partial charge is 0.261 e. The Morgan fingerprint density at radius 3 is 2.49 bits per heavy atom. The molecule has 5 rings (SSSR count). The van der Waals surface area contributed by atoms with Crippen LogP contribution in [0.4, 0.5) is 5.69 Å². The first kappa shape index (κ1) is 22.8. The van der Waals surface area contributed by atoms with Crippen molar-refractivity contribution in [3.05, 3.63) is 82.9 Å².